The van der Waals surface area contributed by atoms with E-state index in [-0.39, 0.29) is 11.7 Å². The highest BCUT2D eigenvalue weighted by Gasteiger charge is 2.40. The highest BCUT2D eigenvalue weighted by atomic mass is 32.2. The monoisotopic (exact) mass is 365 g/mol. The van der Waals surface area contributed by atoms with E-state index in [4.69, 9.17) is 9.47 Å². The largest absolute Gasteiger partial charge is 0.507 e. The normalized spacial score (nSPS) is 19.6. The average Bonchev–Trinajstić information content (AvgIpc) is 2.99. The van der Waals surface area contributed by atoms with Gasteiger partial charge in [-0.3, -0.25) is 4.99 Å². The summed E-state index contributed by atoms with van der Waals surface area (Å²) in [7, 11) is 0. The molecule has 0 spiro atoms. The third kappa shape index (κ3) is 5.14. The molecule has 1 heterocycles. The number of unbranched alkanes of at least 4 members (excludes halogenated alkanes) is 2. The summed E-state index contributed by atoms with van der Waals surface area (Å²) in [5.74, 6) is 0.966. The van der Waals surface area contributed by atoms with Crippen molar-refractivity contribution in [2.24, 2.45) is 4.99 Å². The Balaban J connectivity index is 2.07. The Bertz CT molecular complexity index is 632. The molecule has 25 heavy (non-hydrogen) atoms. The minimum Gasteiger partial charge on any atom is -0.507 e. The molecule has 6 heteroatoms. The Morgan fingerprint density at radius 1 is 1.28 bits per heavy atom. The first-order valence-electron chi connectivity index (χ1n) is 8.86. The maximum Gasteiger partial charge on any atom is 0.334 e. The smallest absolute Gasteiger partial charge is 0.334 e. The van der Waals surface area contributed by atoms with Crippen molar-refractivity contribution in [1.82, 2.24) is 0 Å². The molecule has 0 saturated carbocycles. The zero-order valence-electron chi connectivity index (χ0n) is 15.2. The number of nitrogens with zero attached hydrogens (tertiary/aromatic N) is 1. The van der Waals surface area contributed by atoms with Gasteiger partial charge in [0.25, 0.3) is 0 Å². The summed E-state index contributed by atoms with van der Waals surface area (Å²) >= 11 is 1.46. The van der Waals surface area contributed by atoms with E-state index in [1.54, 1.807) is 19.1 Å². The highest BCUT2D eigenvalue weighted by Crippen LogP contribution is 2.36. The quantitative estimate of drug-likeness (QED) is 0.525. The van der Waals surface area contributed by atoms with Crippen molar-refractivity contribution >= 4 is 22.8 Å². The fourth-order valence-electron chi connectivity index (χ4n) is 2.32. The summed E-state index contributed by atoms with van der Waals surface area (Å²) in [5, 5.41) is 11.0. The Kier molecular flexibility index (Phi) is 7.17. The summed E-state index contributed by atoms with van der Waals surface area (Å²) in [6.45, 7) is 6.99. The van der Waals surface area contributed by atoms with Gasteiger partial charge in [-0.15, -0.1) is 11.8 Å². The van der Waals surface area contributed by atoms with Crippen LogP contribution in [0.1, 0.15) is 52.0 Å². The first kappa shape index (κ1) is 19.6. The first-order valence-corrected chi connectivity index (χ1v) is 9.84. The SMILES string of the molecule is CCCCOC(=O)[C@@]1(C)CSC(c2ccc(OCCCC)cc2O)=N1. The summed E-state index contributed by atoms with van der Waals surface area (Å²) in [6, 6.07) is 5.21. The molecule has 0 aromatic heterocycles. The van der Waals surface area contributed by atoms with Crippen molar-refractivity contribution in [1.29, 1.82) is 0 Å². The number of benzene rings is 1. The van der Waals surface area contributed by atoms with Crippen LogP contribution in [0.3, 0.4) is 0 Å². The van der Waals surface area contributed by atoms with Gasteiger partial charge in [0.15, 0.2) is 5.54 Å². The number of ether oxygens (including phenoxy) is 2. The summed E-state index contributed by atoms with van der Waals surface area (Å²) < 4.78 is 10.9. The molecule has 138 valence electrons. The number of aromatic hydroxyl groups is 1. The number of phenolic OH excluding ortho intramolecular Hbond substituents is 1. The molecule has 1 aromatic carbocycles. The molecule has 1 aliphatic rings. The van der Waals surface area contributed by atoms with Crippen LogP contribution in [-0.2, 0) is 9.53 Å². The van der Waals surface area contributed by atoms with Gasteiger partial charge in [-0.25, -0.2) is 4.79 Å². The first-order chi connectivity index (χ1) is 12.0. The lowest BCUT2D eigenvalue weighted by molar-refractivity contribution is -0.148. The van der Waals surface area contributed by atoms with Gasteiger partial charge in [0.1, 0.15) is 16.5 Å². The predicted molar refractivity (Wildman–Crippen MR) is 102 cm³/mol. The topological polar surface area (TPSA) is 68.1 Å². The molecule has 0 unspecified atom stereocenters. The van der Waals surface area contributed by atoms with E-state index in [1.807, 2.05) is 6.07 Å². The van der Waals surface area contributed by atoms with Crippen LogP contribution in [-0.4, -0.2) is 40.6 Å². The molecular formula is C19H27NO4S. The number of thioether (sulfide) groups is 1. The molecule has 5 nitrogen and oxygen atoms in total. The van der Waals surface area contributed by atoms with Crippen LogP contribution >= 0.6 is 11.8 Å². The molecule has 1 aromatic rings. The predicted octanol–water partition coefficient (Wildman–Crippen LogP) is 4.17. The minimum atomic E-state index is -0.892. The van der Waals surface area contributed by atoms with Gasteiger partial charge in [-0.2, -0.15) is 0 Å². The van der Waals surface area contributed by atoms with Crippen molar-refractivity contribution in [2.75, 3.05) is 19.0 Å². The Labute approximate surface area is 153 Å². The number of carbonyl (C=O) groups excluding carboxylic acids is 1. The molecule has 1 N–H and O–H groups in total. The van der Waals surface area contributed by atoms with Crippen molar-refractivity contribution < 1.29 is 19.4 Å². The van der Waals surface area contributed by atoms with Crippen molar-refractivity contribution in [2.45, 2.75) is 52.0 Å². The zero-order valence-corrected chi connectivity index (χ0v) is 16.0. The lowest BCUT2D eigenvalue weighted by Gasteiger charge is -2.17. The van der Waals surface area contributed by atoms with E-state index in [2.05, 4.69) is 18.8 Å². The molecular weight excluding hydrogens is 338 g/mol. The molecule has 1 atom stereocenters. The Morgan fingerprint density at radius 2 is 2.00 bits per heavy atom. The number of carbonyl (C=O) groups is 1. The average molecular weight is 365 g/mol. The highest BCUT2D eigenvalue weighted by molar-refractivity contribution is 8.14. The van der Waals surface area contributed by atoms with E-state index >= 15 is 0 Å². The zero-order chi connectivity index (χ0) is 18.3. The van der Waals surface area contributed by atoms with Crippen molar-refractivity contribution in [3.63, 3.8) is 0 Å². The van der Waals surface area contributed by atoms with Gasteiger partial charge in [-0.1, -0.05) is 26.7 Å². The molecule has 0 fully saturated rings. The van der Waals surface area contributed by atoms with E-state index in [1.165, 1.54) is 11.8 Å². The molecule has 0 saturated heterocycles. The Hall–Kier alpha value is -1.69. The van der Waals surface area contributed by atoms with Crippen LogP contribution < -0.4 is 4.74 Å². The van der Waals surface area contributed by atoms with Gasteiger partial charge in [0, 0.05) is 17.4 Å². The van der Waals surface area contributed by atoms with Crippen LogP contribution in [0.2, 0.25) is 0 Å². The van der Waals surface area contributed by atoms with Crippen LogP contribution in [0, 0.1) is 0 Å². The number of aliphatic imine (C=N–C) groups is 1. The number of hydrogen-bond acceptors (Lipinski definition) is 6. The van der Waals surface area contributed by atoms with Crippen LogP contribution in [0.15, 0.2) is 23.2 Å². The standard InChI is InChI=1S/C19H27NO4S/c1-4-6-10-23-14-8-9-15(16(21)12-14)17-20-19(3,13-25-17)18(22)24-11-7-5-2/h8-9,12,21H,4-7,10-11,13H2,1-3H3/t19-/m1/s1. The fraction of sp³-hybridized carbons (Fsp3) is 0.579. The molecule has 0 radical (unpaired) electrons. The second kappa shape index (κ2) is 9.13. The molecule has 1 aliphatic heterocycles. The minimum absolute atomic E-state index is 0.115. The van der Waals surface area contributed by atoms with E-state index in [0.717, 1.165) is 25.7 Å². The van der Waals surface area contributed by atoms with Crippen LogP contribution in [0.4, 0.5) is 0 Å². The van der Waals surface area contributed by atoms with Gasteiger partial charge < -0.3 is 14.6 Å². The van der Waals surface area contributed by atoms with Gasteiger partial charge in [0.05, 0.1) is 13.2 Å². The third-order valence-electron chi connectivity index (χ3n) is 3.98. The lowest BCUT2D eigenvalue weighted by Crippen LogP contribution is -2.35. The number of esters is 1. The number of hydrogen-bond donors (Lipinski definition) is 1. The molecule has 2 rings (SSSR count). The maximum absolute atomic E-state index is 12.3. The number of rotatable bonds is 9. The van der Waals surface area contributed by atoms with E-state index in [0.29, 0.717) is 35.3 Å². The molecule has 0 bridgehead atoms. The van der Waals surface area contributed by atoms with Crippen molar-refractivity contribution in [3.05, 3.63) is 23.8 Å². The lowest BCUT2D eigenvalue weighted by atomic mass is 10.1. The second-order valence-electron chi connectivity index (χ2n) is 6.35. The Morgan fingerprint density at radius 3 is 2.68 bits per heavy atom. The summed E-state index contributed by atoms with van der Waals surface area (Å²) in [4.78, 5) is 16.8. The van der Waals surface area contributed by atoms with Crippen LogP contribution in [0.5, 0.6) is 11.5 Å². The second-order valence-corrected chi connectivity index (χ2v) is 7.31. The maximum atomic E-state index is 12.3. The van der Waals surface area contributed by atoms with Crippen LogP contribution in [0.25, 0.3) is 0 Å². The number of phenols is 1. The van der Waals surface area contributed by atoms with Gasteiger partial charge in [-0.05, 0) is 31.9 Å². The van der Waals surface area contributed by atoms with E-state index < -0.39 is 5.54 Å². The van der Waals surface area contributed by atoms with Gasteiger partial charge in [0.2, 0.25) is 0 Å². The fourth-order valence-corrected chi connectivity index (χ4v) is 3.52. The third-order valence-corrected chi connectivity index (χ3v) is 5.27. The molecule has 0 aliphatic carbocycles. The van der Waals surface area contributed by atoms with Gasteiger partial charge >= 0.3 is 5.97 Å². The summed E-state index contributed by atoms with van der Waals surface area (Å²) in [5.41, 5.74) is -0.269. The van der Waals surface area contributed by atoms with Crippen molar-refractivity contribution in [3.8, 4) is 11.5 Å². The molecule has 0 amide bonds. The van der Waals surface area contributed by atoms with E-state index in [9.17, 15) is 9.90 Å². The summed E-state index contributed by atoms with van der Waals surface area (Å²) in [6.07, 6.45) is 3.87.